The third-order valence-electron chi connectivity index (χ3n) is 4.18. The van der Waals surface area contributed by atoms with E-state index in [0.717, 1.165) is 13.0 Å². The topological polar surface area (TPSA) is 24.9 Å². The second-order valence-corrected chi connectivity index (χ2v) is 6.40. The summed E-state index contributed by atoms with van der Waals surface area (Å²) in [6.45, 7) is 1.03. The van der Waals surface area contributed by atoms with Gasteiger partial charge in [-0.2, -0.15) is 0 Å². The number of hydrogen-bond acceptors (Lipinski definition) is 3. The summed E-state index contributed by atoms with van der Waals surface area (Å²) in [6, 6.07) is 8.95. The smallest absolute Gasteiger partial charge is 0.0934 e. The molecule has 1 N–H and O–H groups in total. The van der Waals surface area contributed by atoms with Gasteiger partial charge >= 0.3 is 0 Å². The lowest BCUT2D eigenvalue weighted by molar-refractivity contribution is 0.344. The van der Waals surface area contributed by atoms with Crippen LogP contribution in [0.15, 0.2) is 35.8 Å². The van der Waals surface area contributed by atoms with Gasteiger partial charge in [-0.15, -0.1) is 11.3 Å². The molecule has 1 aromatic heterocycles. The first-order chi connectivity index (χ1) is 9.34. The lowest BCUT2D eigenvalue weighted by Crippen LogP contribution is -2.41. The van der Waals surface area contributed by atoms with Crippen molar-refractivity contribution in [2.75, 3.05) is 13.6 Å². The van der Waals surface area contributed by atoms with Crippen LogP contribution < -0.4 is 5.32 Å². The summed E-state index contributed by atoms with van der Waals surface area (Å²) < 4.78 is 0. The fourth-order valence-corrected chi connectivity index (χ4v) is 4.17. The molecule has 1 heterocycles. The van der Waals surface area contributed by atoms with Crippen LogP contribution in [0.1, 0.15) is 29.0 Å². The molecule has 1 atom stereocenters. The molecule has 1 aromatic carbocycles. The van der Waals surface area contributed by atoms with Gasteiger partial charge in [-0.3, -0.25) is 0 Å². The van der Waals surface area contributed by atoms with Crippen LogP contribution in [0, 0.1) is 0 Å². The van der Waals surface area contributed by atoms with Crippen molar-refractivity contribution in [2.45, 2.75) is 31.1 Å². The van der Waals surface area contributed by atoms with E-state index in [1.54, 1.807) is 11.3 Å². The first-order valence-corrected chi connectivity index (χ1v) is 7.83. The number of benzene rings is 1. The van der Waals surface area contributed by atoms with E-state index in [1.807, 2.05) is 6.20 Å². The lowest BCUT2D eigenvalue weighted by atomic mass is 9.68. The van der Waals surface area contributed by atoms with Crippen LogP contribution >= 0.6 is 11.3 Å². The molecule has 3 heteroatoms. The maximum absolute atomic E-state index is 4.50. The highest BCUT2D eigenvalue weighted by molar-refractivity contribution is 7.09. The monoisotopic (exact) mass is 272 g/mol. The molecule has 0 saturated carbocycles. The summed E-state index contributed by atoms with van der Waals surface area (Å²) in [5.74, 6) is 0. The number of nitrogens with zero attached hydrogens (tertiary/aromatic N) is 1. The largest absolute Gasteiger partial charge is 0.319 e. The van der Waals surface area contributed by atoms with Gasteiger partial charge in [0.05, 0.1) is 5.01 Å². The Labute approximate surface area is 118 Å². The molecule has 2 nitrogen and oxygen atoms in total. The van der Waals surface area contributed by atoms with Crippen molar-refractivity contribution < 1.29 is 0 Å². The van der Waals surface area contributed by atoms with Crippen LogP contribution in [-0.4, -0.2) is 18.6 Å². The van der Waals surface area contributed by atoms with E-state index in [2.05, 4.69) is 47.0 Å². The molecule has 0 aliphatic heterocycles. The Morgan fingerprint density at radius 3 is 3.05 bits per heavy atom. The average Bonchev–Trinajstić information content (AvgIpc) is 2.92. The van der Waals surface area contributed by atoms with Gasteiger partial charge in [0.25, 0.3) is 0 Å². The van der Waals surface area contributed by atoms with Crippen LogP contribution in [0.5, 0.6) is 0 Å². The third kappa shape index (κ3) is 2.45. The molecule has 19 heavy (non-hydrogen) atoms. The van der Waals surface area contributed by atoms with Crippen LogP contribution in [-0.2, 0) is 18.3 Å². The normalized spacial score (nSPS) is 22.2. The fraction of sp³-hybridized carbons (Fsp3) is 0.438. The van der Waals surface area contributed by atoms with Gasteiger partial charge in [0.15, 0.2) is 0 Å². The maximum Gasteiger partial charge on any atom is 0.0934 e. The maximum atomic E-state index is 4.50. The zero-order chi connectivity index (χ0) is 13.1. The molecule has 1 unspecified atom stereocenters. The third-order valence-corrected chi connectivity index (χ3v) is 4.96. The molecule has 100 valence electrons. The summed E-state index contributed by atoms with van der Waals surface area (Å²) in [5, 5.41) is 6.75. The second-order valence-electron chi connectivity index (χ2n) is 5.42. The number of thiazole rings is 1. The van der Waals surface area contributed by atoms with Gasteiger partial charge in [-0.25, -0.2) is 4.98 Å². The molecule has 1 aliphatic rings. The summed E-state index contributed by atoms with van der Waals surface area (Å²) in [4.78, 5) is 4.50. The van der Waals surface area contributed by atoms with Crippen LogP contribution in [0.4, 0.5) is 0 Å². The fourth-order valence-electron chi connectivity index (χ4n) is 3.41. The van der Waals surface area contributed by atoms with Crippen molar-refractivity contribution in [3.05, 3.63) is 52.0 Å². The number of rotatable bonds is 4. The summed E-state index contributed by atoms with van der Waals surface area (Å²) in [7, 11) is 2.06. The highest BCUT2D eigenvalue weighted by Crippen LogP contribution is 2.39. The minimum absolute atomic E-state index is 0.224. The molecular weight excluding hydrogens is 252 g/mol. The number of fused-ring (bicyclic) bond motifs is 1. The van der Waals surface area contributed by atoms with E-state index in [9.17, 15) is 0 Å². The van der Waals surface area contributed by atoms with Crippen LogP contribution in [0.25, 0.3) is 0 Å². The number of hydrogen-bond donors (Lipinski definition) is 1. The van der Waals surface area contributed by atoms with E-state index < -0.39 is 0 Å². The molecule has 0 spiro atoms. The SMILES string of the molecule is CNCC1(Cc2nccs2)CCCc2ccccc21. The van der Waals surface area contributed by atoms with E-state index in [0.29, 0.717) is 0 Å². The molecule has 3 rings (SSSR count). The van der Waals surface area contributed by atoms with Crippen LogP contribution in [0.2, 0.25) is 0 Å². The van der Waals surface area contributed by atoms with Crippen molar-refractivity contribution in [1.29, 1.82) is 0 Å². The highest BCUT2D eigenvalue weighted by Gasteiger charge is 2.36. The van der Waals surface area contributed by atoms with Gasteiger partial charge in [0.2, 0.25) is 0 Å². The number of likely N-dealkylation sites (N-methyl/N-ethyl adjacent to an activating group) is 1. The van der Waals surface area contributed by atoms with E-state index >= 15 is 0 Å². The lowest BCUT2D eigenvalue weighted by Gasteiger charge is -2.39. The van der Waals surface area contributed by atoms with Crippen molar-refractivity contribution in [3.8, 4) is 0 Å². The Kier molecular flexibility index (Phi) is 3.67. The average molecular weight is 272 g/mol. The summed E-state index contributed by atoms with van der Waals surface area (Å²) in [6.07, 6.45) is 6.73. The Bertz CT molecular complexity index is 535. The molecule has 0 bridgehead atoms. The first-order valence-electron chi connectivity index (χ1n) is 6.95. The van der Waals surface area contributed by atoms with Gasteiger partial charge in [0.1, 0.15) is 0 Å². The Morgan fingerprint density at radius 2 is 2.26 bits per heavy atom. The zero-order valence-corrected chi connectivity index (χ0v) is 12.2. The molecule has 0 fully saturated rings. The van der Waals surface area contributed by atoms with Gasteiger partial charge in [-0.05, 0) is 37.4 Å². The number of aromatic nitrogens is 1. The van der Waals surface area contributed by atoms with E-state index in [-0.39, 0.29) is 5.41 Å². The van der Waals surface area contributed by atoms with Gasteiger partial charge < -0.3 is 5.32 Å². The van der Waals surface area contributed by atoms with Gasteiger partial charge in [-0.1, -0.05) is 24.3 Å². The summed E-state index contributed by atoms with van der Waals surface area (Å²) >= 11 is 1.78. The van der Waals surface area contributed by atoms with Crippen molar-refractivity contribution >= 4 is 11.3 Å². The summed E-state index contributed by atoms with van der Waals surface area (Å²) in [5.41, 5.74) is 3.29. The Hall–Kier alpha value is -1.19. The minimum atomic E-state index is 0.224. The molecule has 0 saturated heterocycles. The quantitative estimate of drug-likeness (QED) is 0.924. The van der Waals surface area contributed by atoms with Crippen molar-refractivity contribution in [2.24, 2.45) is 0 Å². The number of aryl methyl sites for hydroxylation is 1. The van der Waals surface area contributed by atoms with E-state index in [4.69, 9.17) is 0 Å². The molecule has 0 radical (unpaired) electrons. The molecule has 0 amide bonds. The minimum Gasteiger partial charge on any atom is -0.319 e. The Balaban J connectivity index is 2.01. The van der Waals surface area contributed by atoms with E-state index in [1.165, 1.54) is 35.4 Å². The number of nitrogens with one attached hydrogen (secondary N) is 1. The first kappa shape index (κ1) is 12.8. The predicted octanol–water partition coefficient (Wildman–Crippen LogP) is 3.18. The van der Waals surface area contributed by atoms with Crippen molar-refractivity contribution in [3.63, 3.8) is 0 Å². The predicted molar refractivity (Wildman–Crippen MR) is 80.8 cm³/mol. The van der Waals surface area contributed by atoms with Crippen molar-refractivity contribution in [1.82, 2.24) is 10.3 Å². The zero-order valence-electron chi connectivity index (χ0n) is 11.4. The molecule has 2 aromatic rings. The van der Waals surface area contributed by atoms with Crippen LogP contribution in [0.3, 0.4) is 0 Å². The standard InChI is InChI=1S/C16H20N2S/c1-17-12-16(11-15-18-9-10-19-15)8-4-6-13-5-2-3-7-14(13)16/h2-3,5,7,9-10,17H,4,6,8,11-12H2,1H3. The molecular formula is C16H20N2S. The van der Waals surface area contributed by atoms with Gasteiger partial charge in [0, 0.05) is 30.0 Å². The highest BCUT2D eigenvalue weighted by atomic mass is 32.1. The second kappa shape index (κ2) is 5.43. The molecule has 1 aliphatic carbocycles. The Morgan fingerprint density at radius 1 is 1.37 bits per heavy atom.